The molecule has 0 fully saturated rings. The highest BCUT2D eigenvalue weighted by Crippen LogP contribution is 2.36. The summed E-state index contributed by atoms with van der Waals surface area (Å²) in [4.78, 5) is 2.31. The van der Waals surface area contributed by atoms with Gasteiger partial charge in [0.15, 0.2) is 6.54 Å². The van der Waals surface area contributed by atoms with Crippen molar-refractivity contribution in [1.82, 2.24) is 0 Å². The first-order chi connectivity index (χ1) is 25.6. The second-order valence-electron chi connectivity index (χ2n) is 13.4. The Bertz CT molecular complexity index is 2450. The van der Waals surface area contributed by atoms with Crippen molar-refractivity contribution in [3.05, 3.63) is 174 Å². The molecule has 2 heterocycles. The van der Waals surface area contributed by atoms with Gasteiger partial charge in [0.25, 0.3) is 5.01 Å². The predicted molar refractivity (Wildman–Crippen MR) is 219 cm³/mol. The van der Waals surface area contributed by atoms with Crippen LogP contribution in [0, 0.1) is 13.8 Å². The summed E-state index contributed by atoms with van der Waals surface area (Å²) < 4.78 is 16.4. The lowest BCUT2D eigenvalue weighted by atomic mass is 9.91. The number of ether oxygens (including phenoxy) is 2. The number of allylic oxidation sites excluding steroid dienone is 4. The molecule has 7 aromatic rings. The fraction of sp³-hybridized carbons (Fsp3) is 0.170. The third-order valence-corrected chi connectivity index (χ3v) is 11.1. The van der Waals surface area contributed by atoms with E-state index in [9.17, 15) is 0 Å². The van der Waals surface area contributed by atoms with Crippen molar-refractivity contribution >= 4 is 54.9 Å². The van der Waals surface area contributed by atoms with Crippen molar-refractivity contribution in [3.8, 4) is 11.5 Å². The SMILES string of the molecule is Cc1cc2sc(C=CC=CCC3C=CN(CCOc4cccc5ccccc45)c4ccccc43)[n+](CCOc3cccc4ccccc34)c2cc1C. The monoisotopic (exact) mass is 699 g/mol. The van der Waals surface area contributed by atoms with Gasteiger partial charge in [-0.3, -0.25) is 0 Å². The molecular formula is C47H43N2O2S+. The molecule has 0 amide bonds. The van der Waals surface area contributed by atoms with Gasteiger partial charge >= 0.3 is 0 Å². The molecule has 0 saturated heterocycles. The first kappa shape index (κ1) is 33.5. The van der Waals surface area contributed by atoms with Crippen LogP contribution in [0.3, 0.4) is 0 Å². The van der Waals surface area contributed by atoms with Crippen LogP contribution in [0.4, 0.5) is 5.69 Å². The fourth-order valence-corrected chi connectivity index (χ4v) is 8.33. The van der Waals surface area contributed by atoms with Gasteiger partial charge in [-0.1, -0.05) is 127 Å². The van der Waals surface area contributed by atoms with Crippen LogP contribution in [0.5, 0.6) is 11.5 Å². The Hall–Kier alpha value is -5.65. The van der Waals surface area contributed by atoms with E-state index in [1.165, 1.54) is 48.4 Å². The van der Waals surface area contributed by atoms with Gasteiger partial charge in [0.1, 0.15) is 29.4 Å². The molecule has 0 saturated carbocycles. The van der Waals surface area contributed by atoms with E-state index in [-0.39, 0.29) is 0 Å². The molecule has 0 bridgehead atoms. The van der Waals surface area contributed by atoms with E-state index in [0.29, 0.717) is 19.1 Å². The van der Waals surface area contributed by atoms with Crippen molar-refractivity contribution in [2.45, 2.75) is 32.7 Å². The van der Waals surface area contributed by atoms with Crippen LogP contribution in [-0.4, -0.2) is 19.8 Å². The van der Waals surface area contributed by atoms with Gasteiger partial charge < -0.3 is 14.4 Å². The van der Waals surface area contributed by atoms with Gasteiger partial charge in [-0.25, -0.2) is 0 Å². The van der Waals surface area contributed by atoms with Crippen LogP contribution in [0.25, 0.3) is 37.8 Å². The van der Waals surface area contributed by atoms with Crippen molar-refractivity contribution in [3.63, 3.8) is 0 Å². The average Bonchev–Trinajstić information content (AvgIpc) is 3.50. The van der Waals surface area contributed by atoms with E-state index >= 15 is 0 Å². The molecule has 1 unspecified atom stereocenters. The topological polar surface area (TPSA) is 25.6 Å². The molecular weight excluding hydrogens is 657 g/mol. The van der Waals surface area contributed by atoms with E-state index in [4.69, 9.17) is 9.47 Å². The quantitative estimate of drug-likeness (QED) is 0.0938. The summed E-state index contributed by atoms with van der Waals surface area (Å²) in [5.74, 6) is 2.19. The summed E-state index contributed by atoms with van der Waals surface area (Å²) in [7, 11) is 0. The Morgan fingerprint density at radius 1 is 0.712 bits per heavy atom. The van der Waals surface area contributed by atoms with E-state index in [1.807, 2.05) is 11.3 Å². The first-order valence-electron chi connectivity index (χ1n) is 18.1. The molecule has 4 nitrogen and oxygen atoms in total. The van der Waals surface area contributed by atoms with Crippen LogP contribution in [0.15, 0.2) is 152 Å². The van der Waals surface area contributed by atoms with Crippen molar-refractivity contribution in [1.29, 1.82) is 0 Å². The van der Waals surface area contributed by atoms with E-state index < -0.39 is 0 Å². The summed E-state index contributed by atoms with van der Waals surface area (Å²) in [5.41, 5.74) is 6.49. The first-order valence-corrected chi connectivity index (χ1v) is 19.0. The summed E-state index contributed by atoms with van der Waals surface area (Å²) in [6.45, 7) is 7.13. The maximum atomic E-state index is 6.38. The zero-order valence-corrected chi connectivity index (χ0v) is 30.6. The van der Waals surface area contributed by atoms with Gasteiger partial charge in [0.05, 0.1) is 6.54 Å². The highest BCUT2D eigenvalue weighted by molar-refractivity contribution is 7.18. The third kappa shape index (κ3) is 7.10. The number of para-hydroxylation sites is 1. The lowest BCUT2D eigenvalue weighted by Gasteiger charge is -2.30. The maximum absolute atomic E-state index is 6.38. The summed E-state index contributed by atoms with van der Waals surface area (Å²) in [5, 5.41) is 5.91. The van der Waals surface area contributed by atoms with Crippen LogP contribution < -0.4 is 18.9 Å². The Morgan fingerprint density at radius 3 is 2.13 bits per heavy atom. The minimum Gasteiger partial charge on any atom is -0.491 e. The highest BCUT2D eigenvalue weighted by atomic mass is 32.1. The number of aromatic nitrogens is 1. The molecule has 1 aromatic heterocycles. The predicted octanol–water partition coefficient (Wildman–Crippen LogP) is 11.3. The normalized spacial score (nSPS) is 14.3. The molecule has 1 aliphatic rings. The van der Waals surface area contributed by atoms with Crippen LogP contribution in [0.2, 0.25) is 0 Å². The molecule has 258 valence electrons. The smallest absolute Gasteiger partial charge is 0.262 e. The number of thiazole rings is 1. The number of rotatable bonds is 12. The van der Waals surface area contributed by atoms with Gasteiger partial charge in [0, 0.05) is 40.7 Å². The Morgan fingerprint density at radius 2 is 1.37 bits per heavy atom. The molecule has 8 rings (SSSR count). The molecule has 0 radical (unpaired) electrons. The zero-order chi connectivity index (χ0) is 35.3. The summed E-state index contributed by atoms with van der Waals surface area (Å²) >= 11 is 1.84. The Balaban J connectivity index is 0.930. The van der Waals surface area contributed by atoms with Crippen molar-refractivity contribution < 1.29 is 14.0 Å². The Labute approximate surface area is 310 Å². The molecule has 0 spiro atoms. The van der Waals surface area contributed by atoms with E-state index in [2.05, 4.69) is 181 Å². The summed E-state index contributed by atoms with van der Waals surface area (Å²) in [6.07, 6.45) is 14.4. The number of nitrogens with zero attached hydrogens (tertiary/aromatic N) is 2. The zero-order valence-electron chi connectivity index (χ0n) is 29.7. The molecule has 0 N–H and O–H groups in total. The highest BCUT2D eigenvalue weighted by Gasteiger charge is 2.21. The van der Waals surface area contributed by atoms with Crippen LogP contribution in [-0.2, 0) is 6.54 Å². The van der Waals surface area contributed by atoms with Crippen LogP contribution in [0.1, 0.15) is 34.0 Å². The lowest BCUT2D eigenvalue weighted by molar-refractivity contribution is -0.669. The van der Waals surface area contributed by atoms with Gasteiger partial charge in [-0.2, -0.15) is 4.57 Å². The second kappa shape index (κ2) is 15.3. The van der Waals surface area contributed by atoms with E-state index in [0.717, 1.165) is 41.8 Å². The summed E-state index contributed by atoms with van der Waals surface area (Å²) in [6, 6.07) is 42.7. The Kier molecular flexibility index (Phi) is 9.86. The minimum atomic E-state index is 0.322. The number of aryl methyl sites for hydroxylation is 2. The fourth-order valence-electron chi connectivity index (χ4n) is 7.15. The maximum Gasteiger partial charge on any atom is 0.262 e. The number of hydrogen-bond acceptors (Lipinski definition) is 4. The second-order valence-corrected chi connectivity index (χ2v) is 14.4. The van der Waals surface area contributed by atoms with Crippen molar-refractivity contribution in [2.75, 3.05) is 24.7 Å². The molecule has 6 aromatic carbocycles. The van der Waals surface area contributed by atoms with Gasteiger partial charge in [-0.05, 0) is 72.0 Å². The molecule has 1 atom stereocenters. The molecule has 1 aliphatic heterocycles. The van der Waals surface area contributed by atoms with E-state index in [1.54, 1.807) is 0 Å². The van der Waals surface area contributed by atoms with Crippen molar-refractivity contribution in [2.24, 2.45) is 0 Å². The number of benzene rings is 6. The third-order valence-electron chi connectivity index (χ3n) is 10.0. The van der Waals surface area contributed by atoms with Crippen LogP contribution >= 0.6 is 11.3 Å². The minimum absolute atomic E-state index is 0.322. The van der Waals surface area contributed by atoms with Gasteiger partial charge in [0.2, 0.25) is 5.52 Å². The average molecular weight is 700 g/mol. The lowest BCUT2D eigenvalue weighted by Crippen LogP contribution is -2.38. The number of fused-ring (bicyclic) bond motifs is 4. The number of hydrogen-bond donors (Lipinski definition) is 0. The standard InChI is InChI=1S/C47H43N2O2S/c1-34-32-43-46(33-35(34)2)52-47(49(43)29-31-51-45-24-13-18-37-16-7-9-21-41(37)45)25-5-3-4-14-38-26-27-48(42-22-11-10-19-39(38)42)28-30-50-44-23-12-17-36-15-6-8-20-40(36)44/h3-13,15-27,32-33,38H,14,28-31H2,1-2H3/q+1. The molecule has 52 heavy (non-hydrogen) atoms. The van der Waals surface area contributed by atoms with Gasteiger partial charge in [-0.15, -0.1) is 0 Å². The largest absolute Gasteiger partial charge is 0.491 e. The molecule has 5 heteroatoms. The number of anilines is 1. The molecule has 0 aliphatic carbocycles.